The van der Waals surface area contributed by atoms with E-state index in [9.17, 15) is 4.79 Å². The van der Waals surface area contributed by atoms with Gasteiger partial charge in [0, 0.05) is 18.5 Å². The lowest BCUT2D eigenvalue weighted by Crippen LogP contribution is -2.37. The van der Waals surface area contributed by atoms with Crippen LogP contribution in [0.25, 0.3) is 10.9 Å². The van der Waals surface area contributed by atoms with E-state index in [0.717, 1.165) is 28.8 Å². The van der Waals surface area contributed by atoms with Gasteiger partial charge in [0.05, 0.1) is 12.1 Å². The topological polar surface area (TPSA) is 58.1 Å². The second-order valence-corrected chi connectivity index (χ2v) is 4.69. The van der Waals surface area contributed by atoms with Gasteiger partial charge in [0.25, 0.3) is 0 Å². The van der Waals surface area contributed by atoms with Crippen molar-refractivity contribution in [3.05, 3.63) is 30.1 Å². The quantitative estimate of drug-likeness (QED) is 0.903. The molecule has 1 aromatic heterocycles. The fourth-order valence-corrected chi connectivity index (χ4v) is 2.17. The first-order valence-corrected chi connectivity index (χ1v) is 6.88. The van der Waals surface area contributed by atoms with Crippen molar-refractivity contribution in [3.63, 3.8) is 0 Å². The number of nitrogens with one attached hydrogen (secondary N) is 1. The van der Waals surface area contributed by atoms with Crippen molar-refractivity contribution in [1.29, 1.82) is 0 Å². The highest BCUT2D eigenvalue weighted by atomic mass is 16.2. The van der Waals surface area contributed by atoms with E-state index in [1.54, 1.807) is 6.33 Å². The van der Waals surface area contributed by atoms with Gasteiger partial charge in [-0.2, -0.15) is 0 Å². The molecule has 0 aliphatic heterocycles. The molecular weight excluding hydrogens is 252 g/mol. The molecule has 0 aliphatic rings. The predicted molar refractivity (Wildman–Crippen MR) is 80.8 cm³/mol. The first-order valence-electron chi connectivity index (χ1n) is 6.88. The van der Waals surface area contributed by atoms with E-state index in [0.29, 0.717) is 13.1 Å². The Hall–Kier alpha value is -2.17. The standard InChI is InChI=1S/C15H20N4O/c1-4-16-14(20)9-19(5-2)15-12-8-11(3)6-7-13(12)17-10-18-15/h6-8,10H,4-5,9H2,1-3H3,(H,16,20). The van der Waals surface area contributed by atoms with Crippen LogP contribution in [0.5, 0.6) is 0 Å². The molecule has 5 nitrogen and oxygen atoms in total. The van der Waals surface area contributed by atoms with Crippen LogP contribution >= 0.6 is 0 Å². The summed E-state index contributed by atoms with van der Waals surface area (Å²) in [6.07, 6.45) is 1.55. The van der Waals surface area contributed by atoms with E-state index >= 15 is 0 Å². The molecule has 106 valence electrons. The molecule has 2 rings (SSSR count). The third-order valence-corrected chi connectivity index (χ3v) is 3.16. The molecule has 0 saturated heterocycles. The molecule has 1 amide bonds. The Morgan fingerprint density at radius 1 is 1.30 bits per heavy atom. The molecule has 2 aromatic rings. The van der Waals surface area contributed by atoms with Gasteiger partial charge in [-0.05, 0) is 32.9 Å². The molecule has 1 heterocycles. The summed E-state index contributed by atoms with van der Waals surface area (Å²) in [5, 5.41) is 3.80. The monoisotopic (exact) mass is 272 g/mol. The molecule has 0 spiro atoms. The number of anilines is 1. The normalized spacial score (nSPS) is 10.6. The second-order valence-electron chi connectivity index (χ2n) is 4.69. The number of hydrogen-bond acceptors (Lipinski definition) is 4. The smallest absolute Gasteiger partial charge is 0.239 e. The van der Waals surface area contributed by atoms with Crippen LogP contribution in [0.1, 0.15) is 19.4 Å². The van der Waals surface area contributed by atoms with Gasteiger partial charge in [-0.25, -0.2) is 9.97 Å². The van der Waals surface area contributed by atoms with Gasteiger partial charge in [0.15, 0.2) is 0 Å². The first-order chi connectivity index (χ1) is 9.65. The van der Waals surface area contributed by atoms with Crippen molar-refractivity contribution >= 4 is 22.6 Å². The maximum atomic E-state index is 11.8. The van der Waals surface area contributed by atoms with Gasteiger partial charge in [-0.1, -0.05) is 11.6 Å². The Labute approximate surface area is 119 Å². The highest BCUT2D eigenvalue weighted by Crippen LogP contribution is 2.23. The minimum absolute atomic E-state index is 0.00812. The SMILES string of the molecule is CCNC(=O)CN(CC)c1ncnc2ccc(C)cc12. The highest BCUT2D eigenvalue weighted by molar-refractivity contribution is 5.91. The van der Waals surface area contributed by atoms with Crippen LogP contribution in [0.4, 0.5) is 5.82 Å². The zero-order chi connectivity index (χ0) is 14.5. The number of nitrogens with zero attached hydrogens (tertiary/aromatic N) is 3. The maximum absolute atomic E-state index is 11.8. The fraction of sp³-hybridized carbons (Fsp3) is 0.400. The molecule has 5 heteroatoms. The average Bonchev–Trinajstić information content (AvgIpc) is 2.44. The minimum Gasteiger partial charge on any atom is -0.355 e. The number of benzene rings is 1. The summed E-state index contributed by atoms with van der Waals surface area (Å²) in [6, 6.07) is 6.07. The summed E-state index contributed by atoms with van der Waals surface area (Å²) in [7, 11) is 0. The van der Waals surface area contributed by atoms with Crippen LogP contribution in [0.3, 0.4) is 0 Å². The number of aryl methyl sites for hydroxylation is 1. The Bertz CT molecular complexity index is 612. The summed E-state index contributed by atoms with van der Waals surface area (Å²) >= 11 is 0. The molecule has 0 radical (unpaired) electrons. The molecule has 1 N–H and O–H groups in total. The number of aromatic nitrogens is 2. The third-order valence-electron chi connectivity index (χ3n) is 3.16. The molecule has 0 saturated carbocycles. The van der Waals surface area contributed by atoms with Crippen molar-refractivity contribution < 1.29 is 4.79 Å². The second kappa shape index (κ2) is 6.32. The van der Waals surface area contributed by atoms with Gasteiger partial charge in [-0.3, -0.25) is 4.79 Å². The summed E-state index contributed by atoms with van der Waals surface area (Å²) < 4.78 is 0. The van der Waals surface area contributed by atoms with Crippen LogP contribution in [0.15, 0.2) is 24.5 Å². The van der Waals surface area contributed by atoms with E-state index in [2.05, 4.69) is 21.4 Å². The van der Waals surface area contributed by atoms with Gasteiger partial charge in [0.2, 0.25) is 5.91 Å². The van der Waals surface area contributed by atoms with E-state index in [4.69, 9.17) is 0 Å². The van der Waals surface area contributed by atoms with Gasteiger partial charge >= 0.3 is 0 Å². The number of likely N-dealkylation sites (N-methyl/N-ethyl adjacent to an activating group) is 2. The Kier molecular flexibility index (Phi) is 4.50. The number of fused-ring (bicyclic) bond motifs is 1. The zero-order valence-corrected chi connectivity index (χ0v) is 12.2. The Balaban J connectivity index is 2.38. The maximum Gasteiger partial charge on any atom is 0.239 e. The van der Waals surface area contributed by atoms with Crippen LogP contribution < -0.4 is 10.2 Å². The van der Waals surface area contributed by atoms with Crippen LogP contribution in [-0.4, -0.2) is 35.5 Å². The molecule has 0 atom stereocenters. The van der Waals surface area contributed by atoms with Crippen LogP contribution in [0, 0.1) is 6.92 Å². The Morgan fingerprint density at radius 3 is 2.80 bits per heavy atom. The van der Waals surface area contributed by atoms with Gasteiger partial charge < -0.3 is 10.2 Å². The number of carbonyl (C=O) groups is 1. The van der Waals surface area contributed by atoms with E-state index in [-0.39, 0.29) is 5.91 Å². The van der Waals surface area contributed by atoms with E-state index in [1.807, 2.05) is 37.8 Å². The summed E-state index contributed by atoms with van der Waals surface area (Å²) in [5.41, 5.74) is 2.05. The van der Waals surface area contributed by atoms with Crippen molar-refractivity contribution in [1.82, 2.24) is 15.3 Å². The zero-order valence-electron chi connectivity index (χ0n) is 12.2. The highest BCUT2D eigenvalue weighted by Gasteiger charge is 2.14. The molecule has 20 heavy (non-hydrogen) atoms. The molecule has 1 aromatic carbocycles. The lowest BCUT2D eigenvalue weighted by molar-refractivity contribution is -0.119. The van der Waals surface area contributed by atoms with Gasteiger partial charge in [0.1, 0.15) is 12.1 Å². The molecule has 0 aliphatic carbocycles. The lowest BCUT2D eigenvalue weighted by Gasteiger charge is -2.22. The number of hydrogen-bond donors (Lipinski definition) is 1. The number of rotatable bonds is 5. The van der Waals surface area contributed by atoms with Crippen LogP contribution in [0.2, 0.25) is 0 Å². The summed E-state index contributed by atoms with van der Waals surface area (Å²) in [5.74, 6) is 0.821. The molecular formula is C15H20N4O. The minimum atomic E-state index is 0.00812. The van der Waals surface area contributed by atoms with Crippen LogP contribution in [-0.2, 0) is 4.79 Å². The van der Waals surface area contributed by atoms with E-state index < -0.39 is 0 Å². The largest absolute Gasteiger partial charge is 0.355 e. The summed E-state index contributed by atoms with van der Waals surface area (Å²) in [6.45, 7) is 7.64. The van der Waals surface area contributed by atoms with Crippen molar-refractivity contribution in [2.45, 2.75) is 20.8 Å². The van der Waals surface area contributed by atoms with Crippen molar-refractivity contribution in [2.75, 3.05) is 24.5 Å². The third kappa shape index (κ3) is 3.04. The molecule has 0 unspecified atom stereocenters. The van der Waals surface area contributed by atoms with Crippen molar-refractivity contribution in [3.8, 4) is 0 Å². The summed E-state index contributed by atoms with van der Waals surface area (Å²) in [4.78, 5) is 22.4. The van der Waals surface area contributed by atoms with E-state index in [1.165, 1.54) is 0 Å². The van der Waals surface area contributed by atoms with Gasteiger partial charge in [-0.15, -0.1) is 0 Å². The number of amides is 1. The number of carbonyl (C=O) groups excluding carboxylic acids is 1. The predicted octanol–water partition coefficient (Wildman–Crippen LogP) is 1.90. The Morgan fingerprint density at radius 2 is 2.10 bits per heavy atom. The average molecular weight is 272 g/mol. The molecule has 0 fully saturated rings. The lowest BCUT2D eigenvalue weighted by atomic mass is 10.1. The van der Waals surface area contributed by atoms with Crippen molar-refractivity contribution in [2.24, 2.45) is 0 Å². The molecule has 0 bridgehead atoms. The fourth-order valence-electron chi connectivity index (χ4n) is 2.17. The first kappa shape index (κ1) is 14.2.